The number of phenolic OH excluding ortho intramolecular Hbond substituents is 2. The minimum Gasteiger partial charge on any atom is -0.508 e. The highest BCUT2D eigenvalue weighted by Crippen LogP contribution is 2.39. The lowest BCUT2D eigenvalue weighted by atomic mass is 9.83. The summed E-state index contributed by atoms with van der Waals surface area (Å²) in [5.41, 5.74) is 1.33. The number of rotatable bonds is 6. The van der Waals surface area contributed by atoms with E-state index in [2.05, 4.69) is 6.92 Å². The van der Waals surface area contributed by atoms with Crippen molar-refractivity contribution in [1.82, 2.24) is 0 Å². The molecule has 0 bridgehead atoms. The van der Waals surface area contributed by atoms with Crippen LogP contribution in [0.5, 0.6) is 11.5 Å². The van der Waals surface area contributed by atoms with E-state index in [1.807, 2.05) is 24.3 Å². The summed E-state index contributed by atoms with van der Waals surface area (Å²) in [5, 5.41) is 19.1. The maximum absolute atomic E-state index is 9.54. The van der Waals surface area contributed by atoms with E-state index in [4.69, 9.17) is 9.47 Å². The van der Waals surface area contributed by atoms with Crippen LogP contribution in [-0.2, 0) is 15.1 Å². The van der Waals surface area contributed by atoms with Gasteiger partial charge in [-0.05, 0) is 41.8 Å². The van der Waals surface area contributed by atoms with Gasteiger partial charge in [-0.1, -0.05) is 31.2 Å². The molecule has 0 aromatic heterocycles. The first-order valence-electron chi connectivity index (χ1n) is 7.48. The van der Waals surface area contributed by atoms with Gasteiger partial charge in [0.15, 0.2) is 0 Å². The Hall–Kier alpha value is -2.04. The summed E-state index contributed by atoms with van der Waals surface area (Å²) in [4.78, 5) is 0. The molecule has 4 heteroatoms. The molecule has 4 nitrogen and oxygen atoms in total. The summed E-state index contributed by atoms with van der Waals surface area (Å²) >= 11 is 0. The Morgan fingerprint density at radius 1 is 1.00 bits per heavy atom. The number of aromatic hydroxyl groups is 2. The zero-order valence-electron chi connectivity index (χ0n) is 12.5. The Kier molecular flexibility index (Phi) is 4.05. The lowest BCUT2D eigenvalue weighted by Crippen LogP contribution is -2.32. The predicted octanol–water partition coefficient (Wildman–Crippen LogP) is 3.17. The van der Waals surface area contributed by atoms with Crippen LogP contribution in [0, 0.1) is 0 Å². The Labute approximate surface area is 129 Å². The van der Waals surface area contributed by atoms with Gasteiger partial charge >= 0.3 is 0 Å². The van der Waals surface area contributed by atoms with Crippen LogP contribution in [0.15, 0.2) is 48.5 Å². The molecular formula is C18H20O4. The van der Waals surface area contributed by atoms with Crippen molar-refractivity contribution >= 4 is 0 Å². The lowest BCUT2D eigenvalue weighted by Gasteiger charge is -2.34. The van der Waals surface area contributed by atoms with Crippen LogP contribution >= 0.6 is 0 Å². The van der Waals surface area contributed by atoms with Crippen LogP contribution in [0.4, 0.5) is 0 Å². The second-order valence-corrected chi connectivity index (χ2v) is 5.54. The molecule has 22 heavy (non-hydrogen) atoms. The van der Waals surface area contributed by atoms with Gasteiger partial charge in [0.1, 0.15) is 23.2 Å². The van der Waals surface area contributed by atoms with Crippen molar-refractivity contribution in [1.29, 1.82) is 0 Å². The molecule has 1 unspecified atom stereocenters. The summed E-state index contributed by atoms with van der Waals surface area (Å²) in [7, 11) is 0. The van der Waals surface area contributed by atoms with Crippen molar-refractivity contribution in [3.8, 4) is 11.5 Å². The molecule has 0 spiro atoms. The fraction of sp³-hybridized carbons (Fsp3) is 0.333. The highest BCUT2D eigenvalue weighted by Gasteiger charge is 2.36. The van der Waals surface area contributed by atoms with Crippen LogP contribution in [-0.4, -0.2) is 29.5 Å². The first kappa shape index (κ1) is 14.9. The summed E-state index contributed by atoms with van der Waals surface area (Å²) in [5.74, 6) is 0.454. The van der Waals surface area contributed by atoms with Gasteiger partial charge in [-0.15, -0.1) is 0 Å². The topological polar surface area (TPSA) is 62.2 Å². The zero-order valence-corrected chi connectivity index (χ0v) is 12.5. The number of ether oxygens (including phenoxy) is 2. The molecule has 2 aromatic carbocycles. The van der Waals surface area contributed by atoms with E-state index in [9.17, 15) is 10.2 Å². The van der Waals surface area contributed by atoms with Crippen LogP contribution in [0.25, 0.3) is 0 Å². The molecule has 116 valence electrons. The number of benzene rings is 2. The van der Waals surface area contributed by atoms with E-state index < -0.39 is 5.60 Å². The quantitative estimate of drug-likeness (QED) is 0.804. The van der Waals surface area contributed by atoms with Crippen molar-refractivity contribution in [2.24, 2.45) is 0 Å². The van der Waals surface area contributed by atoms with E-state index in [0.717, 1.165) is 24.2 Å². The second-order valence-electron chi connectivity index (χ2n) is 5.54. The van der Waals surface area contributed by atoms with Crippen molar-refractivity contribution in [2.75, 3.05) is 13.2 Å². The molecule has 1 aliphatic rings. The maximum atomic E-state index is 9.54. The number of phenols is 2. The standard InChI is InChI=1S/C18H20O4/c1-2-18(22-12-17-11-21-17,13-3-7-15(19)8-4-13)14-5-9-16(20)10-6-14/h3-10,17,19-20H,2,11-12H2,1H3. The van der Waals surface area contributed by atoms with Gasteiger partial charge in [0, 0.05) is 0 Å². The van der Waals surface area contributed by atoms with Crippen LogP contribution < -0.4 is 0 Å². The SMILES string of the molecule is CCC(OCC1CO1)(c1ccc(O)cc1)c1ccc(O)cc1. The minimum absolute atomic E-state index is 0.167. The smallest absolute Gasteiger partial charge is 0.118 e. The van der Waals surface area contributed by atoms with Crippen LogP contribution in [0.3, 0.4) is 0 Å². The summed E-state index contributed by atoms with van der Waals surface area (Å²) in [6, 6.07) is 14.2. The zero-order chi connectivity index (χ0) is 15.6. The monoisotopic (exact) mass is 300 g/mol. The predicted molar refractivity (Wildman–Crippen MR) is 83.0 cm³/mol. The molecule has 1 heterocycles. The molecule has 0 aliphatic carbocycles. The average Bonchev–Trinajstić information content (AvgIpc) is 3.35. The molecule has 0 amide bonds. The third-order valence-corrected chi connectivity index (χ3v) is 4.08. The fourth-order valence-corrected chi connectivity index (χ4v) is 2.70. The molecular weight excluding hydrogens is 280 g/mol. The van der Waals surface area contributed by atoms with Gasteiger partial charge in [-0.3, -0.25) is 0 Å². The van der Waals surface area contributed by atoms with Gasteiger partial charge in [-0.2, -0.15) is 0 Å². The molecule has 1 fully saturated rings. The van der Waals surface area contributed by atoms with Gasteiger partial charge in [0.25, 0.3) is 0 Å². The van der Waals surface area contributed by atoms with Crippen molar-refractivity contribution in [3.05, 3.63) is 59.7 Å². The van der Waals surface area contributed by atoms with E-state index >= 15 is 0 Å². The molecule has 2 aromatic rings. The Balaban J connectivity index is 2.01. The molecule has 2 N–H and O–H groups in total. The van der Waals surface area contributed by atoms with Crippen LogP contribution in [0.1, 0.15) is 24.5 Å². The first-order valence-corrected chi connectivity index (χ1v) is 7.48. The first-order chi connectivity index (χ1) is 10.6. The molecule has 0 radical (unpaired) electrons. The minimum atomic E-state index is -0.618. The number of epoxide rings is 1. The van der Waals surface area contributed by atoms with Gasteiger partial charge in [0.05, 0.1) is 13.2 Å². The molecule has 1 atom stereocenters. The summed E-state index contributed by atoms with van der Waals surface area (Å²) in [6.45, 7) is 3.33. The van der Waals surface area contributed by atoms with Gasteiger partial charge in [0.2, 0.25) is 0 Å². The summed E-state index contributed by atoms with van der Waals surface area (Å²) < 4.78 is 11.5. The largest absolute Gasteiger partial charge is 0.508 e. The third kappa shape index (κ3) is 2.93. The Morgan fingerprint density at radius 3 is 1.82 bits per heavy atom. The second kappa shape index (κ2) is 5.99. The molecule has 1 saturated heterocycles. The third-order valence-electron chi connectivity index (χ3n) is 4.08. The lowest BCUT2D eigenvalue weighted by molar-refractivity contribution is -0.0284. The normalized spacial score (nSPS) is 17.4. The van der Waals surface area contributed by atoms with Crippen molar-refractivity contribution in [2.45, 2.75) is 25.0 Å². The highest BCUT2D eigenvalue weighted by molar-refractivity contribution is 5.40. The van der Waals surface area contributed by atoms with Gasteiger partial charge < -0.3 is 19.7 Å². The highest BCUT2D eigenvalue weighted by atomic mass is 16.6. The fourth-order valence-electron chi connectivity index (χ4n) is 2.70. The number of hydrogen-bond donors (Lipinski definition) is 2. The van der Waals surface area contributed by atoms with Crippen molar-refractivity contribution < 1.29 is 19.7 Å². The molecule has 3 rings (SSSR count). The van der Waals surface area contributed by atoms with E-state index in [-0.39, 0.29) is 17.6 Å². The Morgan fingerprint density at radius 2 is 1.45 bits per heavy atom. The van der Waals surface area contributed by atoms with Gasteiger partial charge in [-0.25, -0.2) is 0 Å². The molecule has 1 aliphatic heterocycles. The summed E-state index contributed by atoms with van der Waals surface area (Å²) in [6.07, 6.45) is 0.898. The van der Waals surface area contributed by atoms with E-state index in [0.29, 0.717) is 6.61 Å². The van der Waals surface area contributed by atoms with E-state index in [1.165, 1.54) is 0 Å². The Bertz CT molecular complexity index is 569. The average molecular weight is 300 g/mol. The number of hydrogen-bond acceptors (Lipinski definition) is 4. The molecule has 0 saturated carbocycles. The van der Waals surface area contributed by atoms with Crippen LogP contribution in [0.2, 0.25) is 0 Å². The van der Waals surface area contributed by atoms with E-state index in [1.54, 1.807) is 24.3 Å². The maximum Gasteiger partial charge on any atom is 0.118 e. The van der Waals surface area contributed by atoms with Crippen molar-refractivity contribution in [3.63, 3.8) is 0 Å².